The highest BCUT2D eigenvalue weighted by Crippen LogP contribution is 2.43. The second-order valence-electron chi connectivity index (χ2n) is 12.6. The number of hydrogen-bond donors (Lipinski definition) is 1. The van der Waals surface area contributed by atoms with Gasteiger partial charge in [-0.05, 0) is 64.2 Å². The fraction of sp³-hybridized carbons (Fsp3) is 0.846. The molecule has 0 saturated carbocycles. The first-order valence-electron chi connectivity index (χ1n) is 19.1. The lowest BCUT2D eigenvalue weighted by atomic mass is 10.1. The van der Waals surface area contributed by atoms with Crippen molar-refractivity contribution in [3.63, 3.8) is 0 Å². The van der Waals surface area contributed by atoms with E-state index in [0.717, 1.165) is 25.7 Å². The van der Waals surface area contributed by atoms with Gasteiger partial charge in [-0.2, -0.15) is 0 Å². The molecule has 0 amide bonds. The van der Waals surface area contributed by atoms with Crippen molar-refractivity contribution in [2.75, 3.05) is 19.8 Å². The summed E-state index contributed by atoms with van der Waals surface area (Å²) in [5.41, 5.74) is 0. The molecule has 1 N–H and O–H groups in total. The highest BCUT2D eigenvalue weighted by Gasteiger charge is 2.23. The molecule has 0 radical (unpaired) electrons. The molecule has 0 aromatic carbocycles. The van der Waals surface area contributed by atoms with Gasteiger partial charge in [0.1, 0.15) is 0 Å². The Morgan fingerprint density at radius 1 is 0.500 bits per heavy atom. The van der Waals surface area contributed by atoms with Crippen molar-refractivity contribution in [2.45, 2.75) is 194 Å². The maximum atomic E-state index is 13.0. The highest BCUT2D eigenvalue weighted by molar-refractivity contribution is 7.51. The van der Waals surface area contributed by atoms with Crippen molar-refractivity contribution in [1.29, 1.82) is 0 Å². The molecule has 0 aromatic heterocycles. The first kappa shape index (κ1) is 43.1. The zero-order chi connectivity index (χ0) is 32.1. The standard InChI is InChI=1S/C39H74NO3P/c1-4-7-9-11-13-15-17-19-21-23-25-27-29-31-33-35-38-42-44(41,40-37-6-3)43-39-36-34-32-30-28-26-24-22-20-18-16-14-12-10-8-5-2/h3,19-22H,4-5,7-18,23-39H2,1-2H3,(H,40,41)/b21-19+,22-20+. The summed E-state index contributed by atoms with van der Waals surface area (Å²) >= 11 is 0. The predicted octanol–water partition coefficient (Wildman–Crippen LogP) is 13.4. The van der Waals surface area contributed by atoms with E-state index in [1.807, 2.05) is 0 Å². The SMILES string of the molecule is C#CCNP(=O)(OCCCCCCCC/C=C/CCCCCCCC)OCCCCCCCC/C=C/CCCCCCCC. The van der Waals surface area contributed by atoms with Gasteiger partial charge in [0.05, 0.1) is 19.8 Å². The second-order valence-corrected chi connectivity index (χ2v) is 14.4. The summed E-state index contributed by atoms with van der Waals surface area (Å²) in [5.74, 6) is 2.49. The Bertz CT molecular complexity index is 667. The molecule has 0 aromatic rings. The van der Waals surface area contributed by atoms with Gasteiger partial charge in [-0.25, -0.2) is 9.65 Å². The Kier molecular flexibility index (Phi) is 35.9. The minimum Gasteiger partial charge on any atom is -0.297 e. The predicted molar refractivity (Wildman–Crippen MR) is 195 cm³/mol. The Morgan fingerprint density at radius 3 is 1.11 bits per heavy atom. The lowest BCUT2D eigenvalue weighted by molar-refractivity contribution is 0.190. The molecule has 0 atom stereocenters. The third-order valence-corrected chi connectivity index (χ3v) is 9.80. The van der Waals surface area contributed by atoms with E-state index < -0.39 is 7.75 Å². The molecule has 258 valence electrons. The van der Waals surface area contributed by atoms with Crippen LogP contribution in [0.3, 0.4) is 0 Å². The number of terminal acetylenes is 1. The zero-order valence-corrected chi connectivity index (χ0v) is 30.4. The molecule has 0 unspecified atom stereocenters. The molecular weight excluding hydrogens is 561 g/mol. The number of nitrogens with one attached hydrogen (secondary N) is 1. The van der Waals surface area contributed by atoms with Crippen LogP contribution in [0.1, 0.15) is 194 Å². The lowest BCUT2D eigenvalue weighted by Crippen LogP contribution is -2.16. The van der Waals surface area contributed by atoms with Gasteiger partial charge in [0.2, 0.25) is 0 Å². The highest BCUT2D eigenvalue weighted by atomic mass is 31.2. The average Bonchev–Trinajstić information content (AvgIpc) is 3.03. The third-order valence-electron chi connectivity index (χ3n) is 8.21. The van der Waals surface area contributed by atoms with Gasteiger partial charge < -0.3 is 0 Å². The molecule has 5 heteroatoms. The molecule has 4 nitrogen and oxygen atoms in total. The first-order chi connectivity index (χ1) is 21.7. The Hall–Kier alpha value is -0.850. The van der Waals surface area contributed by atoms with Crippen LogP contribution in [0.5, 0.6) is 0 Å². The van der Waals surface area contributed by atoms with E-state index in [4.69, 9.17) is 15.5 Å². The molecule has 44 heavy (non-hydrogen) atoms. The summed E-state index contributed by atoms with van der Waals surface area (Å²) in [6.45, 7) is 5.63. The van der Waals surface area contributed by atoms with Crippen molar-refractivity contribution >= 4 is 7.75 Å². The van der Waals surface area contributed by atoms with Crippen LogP contribution in [0.25, 0.3) is 0 Å². The van der Waals surface area contributed by atoms with Gasteiger partial charge in [-0.15, -0.1) is 6.42 Å². The van der Waals surface area contributed by atoms with Crippen molar-refractivity contribution in [1.82, 2.24) is 5.09 Å². The average molecular weight is 636 g/mol. The topological polar surface area (TPSA) is 47.6 Å². The largest absolute Gasteiger partial charge is 0.406 e. The monoisotopic (exact) mass is 636 g/mol. The summed E-state index contributed by atoms with van der Waals surface area (Å²) in [4.78, 5) is 0. The molecule has 0 heterocycles. The molecule has 0 spiro atoms. The zero-order valence-electron chi connectivity index (χ0n) is 29.5. The van der Waals surface area contributed by atoms with E-state index in [0.29, 0.717) is 13.2 Å². The van der Waals surface area contributed by atoms with E-state index >= 15 is 0 Å². The number of allylic oxidation sites excluding steroid dienone is 4. The minimum absolute atomic E-state index is 0.193. The fourth-order valence-electron chi connectivity index (χ4n) is 5.34. The maximum Gasteiger partial charge on any atom is 0.406 e. The van der Waals surface area contributed by atoms with Crippen LogP contribution in [0.2, 0.25) is 0 Å². The smallest absolute Gasteiger partial charge is 0.297 e. The van der Waals surface area contributed by atoms with Crippen molar-refractivity contribution in [3.05, 3.63) is 24.3 Å². The molecule has 0 fully saturated rings. The van der Waals surface area contributed by atoms with Crippen LogP contribution in [0, 0.1) is 12.3 Å². The molecule has 0 aliphatic carbocycles. The van der Waals surface area contributed by atoms with Crippen LogP contribution in [-0.2, 0) is 13.6 Å². The fourth-order valence-corrected chi connectivity index (χ4v) is 6.62. The van der Waals surface area contributed by atoms with Gasteiger partial charge >= 0.3 is 7.75 Å². The first-order valence-corrected chi connectivity index (χ1v) is 20.6. The van der Waals surface area contributed by atoms with E-state index in [-0.39, 0.29) is 6.54 Å². The Morgan fingerprint density at radius 2 is 0.795 bits per heavy atom. The van der Waals surface area contributed by atoms with E-state index in [9.17, 15) is 4.57 Å². The Labute approximate surface area is 276 Å². The quantitative estimate of drug-likeness (QED) is 0.0322. The summed E-state index contributed by atoms with van der Waals surface area (Å²) < 4.78 is 24.4. The van der Waals surface area contributed by atoms with Gasteiger partial charge in [-0.3, -0.25) is 9.05 Å². The number of unbranched alkanes of at least 4 members (excludes halogenated alkanes) is 24. The van der Waals surface area contributed by atoms with Gasteiger partial charge in [0, 0.05) is 0 Å². The van der Waals surface area contributed by atoms with Gasteiger partial charge in [-0.1, -0.05) is 160 Å². The normalized spacial score (nSPS) is 12.1. The summed E-state index contributed by atoms with van der Waals surface area (Å²) in [6.07, 6.45) is 50.3. The van der Waals surface area contributed by atoms with Crippen LogP contribution >= 0.6 is 7.75 Å². The van der Waals surface area contributed by atoms with Crippen molar-refractivity contribution in [3.8, 4) is 12.3 Å². The summed E-state index contributed by atoms with van der Waals surface area (Å²) in [7, 11) is -3.32. The van der Waals surface area contributed by atoms with Gasteiger partial charge in [0.25, 0.3) is 0 Å². The molecule has 0 rings (SSSR count). The number of hydrogen-bond acceptors (Lipinski definition) is 3. The van der Waals surface area contributed by atoms with Crippen LogP contribution in [0.15, 0.2) is 24.3 Å². The van der Waals surface area contributed by atoms with E-state index in [1.54, 1.807) is 0 Å². The third kappa shape index (κ3) is 34.0. The maximum absolute atomic E-state index is 13.0. The summed E-state index contributed by atoms with van der Waals surface area (Å²) in [5, 5.41) is 2.82. The lowest BCUT2D eigenvalue weighted by Gasteiger charge is -2.18. The minimum atomic E-state index is -3.32. The molecular formula is C39H74NO3P. The van der Waals surface area contributed by atoms with Crippen LogP contribution in [0.4, 0.5) is 0 Å². The molecule has 0 aliphatic rings. The van der Waals surface area contributed by atoms with Crippen LogP contribution in [-0.4, -0.2) is 19.8 Å². The van der Waals surface area contributed by atoms with E-state index in [1.165, 1.54) is 154 Å². The van der Waals surface area contributed by atoms with Crippen LogP contribution < -0.4 is 5.09 Å². The van der Waals surface area contributed by atoms with Crippen molar-refractivity contribution in [2.24, 2.45) is 0 Å². The second kappa shape index (κ2) is 36.6. The molecule has 0 bridgehead atoms. The molecule has 0 saturated heterocycles. The molecule has 0 aliphatic heterocycles. The van der Waals surface area contributed by atoms with Gasteiger partial charge in [0.15, 0.2) is 0 Å². The Balaban J connectivity index is 3.67. The number of rotatable bonds is 36. The van der Waals surface area contributed by atoms with E-state index in [2.05, 4.69) is 49.2 Å². The summed E-state index contributed by atoms with van der Waals surface area (Å²) in [6, 6.07) is 0. The van der Waals surface area contributed by atoms with Crippen molar-refractivity contribution < 1.29 is 13.6 Å².